The highest BCUT2D eigenvalue weighted by atomic mass is 19.4. The van der Waals surface area contributed by atoms with Crippen LogP contribution in [0.1, 0.15) is 17.8 Å². The van der Waals surface area contributed by atoms with Crippen molar-refractivity contribution in [2.24, 2.45) is 5.92 Å². The van der Waals surface area contributed by atoms with Crippen molar-refractivity contribution >= 4 is 11.2 Å². The van der Waals surface area contributed by atoms with Crippen LogP contribution < -0.4 is 4.74 Å². The molecule has 0 saturated carbocycles. The van der Waals surface area contributed by atoms with Gasteiger partial charge in [-0.3, -0.25) is 4.98 Å². The zero-order valence-electron chi connectivity index (χ0n) is 14.2. The van der Waals surface area contributed by atoms with Crippen LogP contribution in [-0.2, 0) is 0 Å². The molecule has 1 aliphatic rings. The number of nitrogens with zero attached hydrogens (tertiary/aromatic N) is 5. The van der Waals surface area contributed by atoms with Crippen molar-refractivity contribution in [3.8, 4) is 5.88 Å². The summed E-state index contributed by atoms with van der Waals surface area (Å²) in [6, 6.07) is 6.63. The Bertz CT molecular complexity index is 1040. The summed E-state index contributed by atoms with van der Waals surface area (Å²) in [7, 11) is 0. The van der Waals surface area contributed by atoms with Crippen LogP contribution in [0.2, 0.25) is 0 Å². The van der Waals surface area contributed by atoms with E-state index in [0.29, 0.717) is 17.0 Å². The lowest BCUT2D eigenvalue weighted by atomic mass is 9.91. The normalized spacial score (nSPS) is 17.6. The standard InChI is InChI=1S/C18H14F3N5O/c1-11-23-24-16-4-5-17(25-26(11)16)27-15-10-13(18(19,20)21)2-3-14(15)12-6-8-22-9-7-12/h3-10,13H,2H2,1H3. The number of rotatable bonds is 3. The third-order valence-electron chi connectivity index (χ3n) is 4.21. The molecule has 1 aliphatic carbocycles. The summed E-state index contributed by atoms with van der Waals surface area (Å²) in [5, 5.41) is 12.1. The van der Waals surface area contributed by atoms with E-state index in [4.69, 9.17) is 4.74 Å². The van der Waals surface area contributed by atoms with Crippen LogP contribution in [0.4, 0.5) is 13.2 Å². The van der Waals surface area contributed by atoms with E-state index in [9.17, 15) is 13.2 Å². The fraction of sp³-hybridized carbons (Fsp3) is 0.222. The molecule has 0 aromatic carbocycles. The van der Waals surface area contributed by atoms with Crippen LogP contribution in [-0.4, -0.2) is 31.0 Å². The zero-order chi connectivity index (χ0) is 19.0. The highest BCUT2D eigenvalue weighted by molar-refractivity contribution is 5.78. The van der Waals surface area contributed by atoms with Crippen molar-refractivity contribution in [2.75, 3.05) is 0 Å². The second kappa shape index (κ2) is 6.49. The molecule has 4 rings (SSSR count). The summed E-state index contributed by atoms with van der Waals surface area (Å²) in [5.41, 5.74) is 1.81. The van der Waals surface area contributed by atoms with E-state index in [1.807, 2.05) is 0 Å². The third-order valence-corrected chi connectivity index (χ3v) is 4.21. The van der Waals surface area contributed by atoms with Crippen molar-refractivity contribution in [1.82, 2.24) is 24.8 Å². The molecule has 0 fully saturated rings. The van der Waals surface area contributed by atoms with Crippen molar-refractivity contribution in [3.63, 3.8) is 0 Å². The monoisotopic (exact) mass is 373 g/mol. The number of alkyl halides is 3. The molecule has 3 aromatic heterocycles. The van der Waals surface area contributed by atoms with Gasteiger partial charge in [0, 0.05) is 24.0 Å². The summed E-state index contributed by atoms with van der Waals surface area (Å²) in [5.74, 6) is -0.809. The molecular formula is C18H14F3N5O. The second-order valence-electron chi connectivity index (χ2n) is 6.06. The predicted molar refractivity (Wildman–Crippen MR) is 90.6 cm³/mol. The molecule has 3 heterocycles. The Labute approximate surface area is 152 Å². The first-order valence-electron chi connectivity index (χ1n) is 8.18. The topological polar surface area (TPSA) is 65.2 Å². The van der Waals surface area contributed by atoms with Crippen LogP contribution in [0.15, 0.2) is 54.6 Å². The van der Waals surface area contributed by atoms with E-state index in [1.165, 1.54) is 10.6 Å². The lowest BCUT2D eigenvalue weighted by Crippen LogP contribution is -2.23. The molecule has 0 radical (unpaired) electrons. The average molecular weight is 373 g/mol. The van der Waals surface area contributed by atoms with Gasteiger partial charge in [-0.2, -0.15) is 17.7 Å². The Kier molecular flexibility index (Phi) is 4.14. The number of hydrogen-bond donors (Lipinski definition) is 0. The van der Waals surface area contributed by atoms with Gasteiger partial charge in [-0.1, -0.05) is 6.08 Å². The summed E-state index contributed by atoms with van der Waals surface area (Å²) >= 11 is 0. The summed E-state index contributed by atoms with van der Waals surface area (Å²) < 4.78 is 46.9. The molecule has 0 amide bonds. The molecule has 0 bridgehead atoms. The summed E-state index contributed by atoms with van der Waals surface area (Å²) in [4.78, 5) is 3.94. The minimum atomic E-state index is -4.35. The predicted octanol–water partition coefficient (Wildman–Crippen LogP) is 3.76. The molecule has 1 unspecified atom stereocenters. The molecular weight excluding hydrogens is 359 g/mol. The fourth-order valence-corrected chi connectivity index (χ4v) is 2.84. The van der Waals surface area contributed by atoms with Gasteiger partial charge in [0.1, 0.15) is 5.76 Å². The average Bonchev–Trinajstić information content (AvgIpc) is 3.02. The first kappa shape index (κ1) is 17.2. The number of aromatic nitrogens is 5. The summed E-state index contributed by atoms with van der Waals surface area (Å²) in [6.45, 7) is 1.72. The van der Waals surface area contributed by atoms with Gasteiger partial charge in [-0.15, -0.1) is 15.3 Å². The van der Waals surface area contributed by atoms with Gasteiger partial charge < -0.3 is 4.74 Å². The van der Waals surface area contributed by atoms with E-state index < -0.39 is 12.1 Å². The van der Waals surface area contributed by atoms with Gasteiger partial charge in [0.15, 0.2) is 11.5 Å². The maximum atomic E-state index is 13.2. The quantitative estimate of drug-likeness (QED) is 0.700. The SMILES string of the molecule is Cc1nnc2ccc(OC3=CC(C(F)(F)F)CC=C3c3ccncc3)nn12. The van der Waals surface area contributed by atoms with Crippen molar-refractivity contribution in [2.45, 2.75) is 19.5 Å². The van der Waals surface area contributed by atoms with E-state index in [1.54, 1.807) is 43.6 Å². The smallest absolute Gasteiger partial charge is 0.395 e. The van der Waals surface area contributed by atoms with E-state index in [2.05, 4.69) is 20.3 Å². The zero-order valence-corrected chi connectivity index (χ0v) is 14.2. The van der Waals surface area contributed by atoms with Gasteiger partial charge in [0.2, 0.25) is 5.88 Å². The number of hydrogen-bond acceptors (Lipinski definition) is 5. The second-order valence-corrected chi connectivity index (χ2v) is 6.06. The van der Waals surface area contributed by atoms with Crippen LogP contribution >= 0.6 is 0 Å². The maximum Gasteiger partial charge on any atom is 0.395 e. The van der Waals surface area contributed by atoms with Gasteiger partial charge in [0.25, 0.3) is 0 Å². The lowest BCUT2D eigenvalue weighted by molar-refractivity contribution is -0.160. The van der Waals surface area contributed by atoms with E-state index in [-0.39, 0.29) is 18.1 Å². The molecule has 0 spiro atoms. The van der Waals surface area contributed by atoms with Gasteiger partial charge in [0.05, 0.1) is 5.92 Å². The molecule has 0 saturated heterocycles. The molecule has 3 aromatic rings. The first-order chi connectivity index (χ1) is 12.9. The number of halogens is 3. The Morgan fingerprint density at radius 2 is 1.89 bits per heavy atom. The van der Waals surface area contributed by atoms with Crippen molar-refractivity contribution < 1.29 is 17.9 Å². The first-order valence-corrected chi connectivity index (χ1v) is 8.18. The maximum absolute atomic E-state index is 13.2. The molecule has 27 heavy (non-hydrogen) atoms. The molecule has 9 heteroatoms. The van der Waals surface area contributed by atoms with Gasteiger partial charge in [-0.25, -0.2) is 0 Å². The number of pyridine rings is 1. The Morgan fingerprint density at radius 3 is 2.63 bits per heavy atom. The third kappa shape index (κ3) is 3.40. The molecule has 0 aliphatic heterocycles. The molecule has 138 valence electrons. The van der Waals surface area contributed by atoms with Crippen molar-refractivity contribution in [3.05, 3.63) is 66.0 Å². The summed E-state index contributed by atoms with van der Waals surface area (Å²) in [6.07, 6.45) is 1.29. The Morgan fingerprint density at radius 1 is 1.11 bits per heavy atom. The van der Waals surface area contributed by atoms with Crippen LogP contribution in [0.5, 0.6) is 5.88 Å². The molecule has 6 nitrogen and oxygen atoms in total. The van der Waals surface area contributed by atoms with Crippen molar-refractivity contribution in [1.29, 1.82) is 0 Å². The number of fused-ring (bicyclic) bond motifs is 1. The number of aryl methyl sites for hydroxylation is 1. The van der Waals surface area contributed by atoms with E-state index >= 15 is 0 Å². The van der Waals surface area contributed by atoms with Gasteiger partial charge in [-0.05, 0) is 43.2 Å². The van der Waals surface area contributed by atoms with Crippen LogP contribution in [0, 0.1) is 12.8 Å². The number of ether oxygens (including phenoxy) is 1. The van der Waals surface area contributed by atoms with Gasteiger partial charge >= 0.3 is 6.18 Å². The fourth-order valence-electron chi connectivity index (χ4n) is 2.84. The minimum Gasteiger partial charge on any atom is -0.437 e. The lowest BCUT2D eigenvalue weighted by Gasteiger charge is -2.23. The van der Waals surface area contributed by atoms with E-state index in [0.717, 1.165) is 11.6 Å². The van der Waals surface area contributed by atoms with Crippen LogP contribution in [0.3, 0.4) is 0 Å². The highest BCUT2D eigenvalue weighted by Crippen LogP contribution is 2.38. The minimum absolute atomic E-state index is 0.104. The van der Waals surface area contributed by atoms with Crippen LogP contribution in [0.25, 0.3) is 11.2 Å². The Balaban J connectivity index is 1.72. The molecule has 1 atom stereocenters. The number of allylic oxidation sites excluding steroid dienone is 3. The Hall–Kier alpha value is -3.23. The highest BCUT2D eigenvalue weighted by Gasteiger charge is 2.40. The largest absolute Gasteiger partial charge is 0.437 e. The molecule has 0 N–H and O–H groups in total.